The normalized spacial score (nSPS) is 12.7. The van der Waals surface area contributed by atoms with Crippen LogP contribution in [0, 0.1) is 10.1 Å². The first-order valence-corrected chi connectivity index (χ1v) is 6.52. The predicted octanol–water partition coefficient (Wildman–Crippen LogP) is 1.80. The average molecular weight is 333 g/mol. The number of nitro benzene ring substituents is 1. The van der Waals surface area contributed by atoms with E-state index in [1.807, 2.05) is 18.0 Å². The van der Waals surface area contributed by atoms with Crippen LogP contribution in [0.2, 0.25) is 0 Å². The Morgan fingerprint density at radius 2 is 2.26 bits per heavy atom. The first-order valence-electron chi connectivity index (χ1n) is 5.73. The number of nitro groups is 1. The molecule has 19 heavy (non-hydrogen) atoms. The van der Waals surface area contributed by atoms with E-state index in [2.05, 4.69) is 15.9 Å². The average Bonchev–Trinajstić information content (AvgIpc) is 2.31. The Kier molecular flexibility index (Phi) is 6.36. The summed E-state index contributed by atoms with van der Waals surface area (Å²) >= 11 is 3.25. The smallest absolute Gasteiger partial charge is 0.283 e. The van der Waals surface area contributed by atoms with Crippen LogP contribution < -0.4 is 0 Å². The molecule has 1 atom stereocenters. The zero-order chi connectivity index (χ0) is 14.4. The second-order valence-electron chi connectivity index (χ2n) is 4.31. The lowest BCUT2D eigenvalue weighted by Crippen LogP contribution is -2.31. The van der Waals surface area contributed by atoms with Crippen LogP contribution in [0.25, 0.3) is 0 Å². The number of nitrogens with zero attached hydrogens (tertiary/aromatic N) is 2. The third-order valence-electron chi connectivity index (χ3n) is 2.58. The molecule has 0 aromatic heterocycles. The highest BCUT2D eigenvalue weighted by molar-refractivity contribution is 9.10. The molecule has 1 aromatic rings. The number of hydrogen-bond donors (Lipinski definition) is 1. The van der Waals surface area contributed by atoms with Gasteiger partial charge >= 0.3 is 0 Å². The molecule has 1 aromatic carbocycles. The Balaban J connectivity index is 2.71. The van der Waals surface area contributed by atoms with Crippen molar-refractivity contribution in [2.45, 2.75) is 12.6 Å². The minimum atomic E-state index is -0.576. The van der Waals surface area contributed by atoms with E-state index in [1.165, 1.54) is 13.2 Å². The Hall–Kier alpha value is -1.02. The largest absolute Gasteiger partial charge is 0.389 e. The van der Waals surface area contributed by atoms with E-state index in [1.54, 1.807) is 6.07 Å². The van der Waals surface area contributed by atoms with E-state index in [0.717, 1.165) is 5.56 Å². The number of methoxy groups -OCH3 is 1. The van der Waals surface area contributed by atoms with Gasteiger partial charge in [-0.15, -0.1) is 0 Å². The topological polar surface area (TPSA) is 75.8 Å². The van der Waals surface area contributed by atoms with E-state index in [9.17, 15) is 15.2 Å². The predicted molar refractivity (Wildman–Crippen MR) is 75.0 cm³/mol. The summed E-state index contributed by atoms with van der Waals surface area (Å²) in [6.45, 7) is 1.20. The number of benzene rings is 1. The molecule has 0 aliphatic carbocycles. The number of hydrogen-bond acceptors (Lipinski definition) is 5. The number of likely N-dealkylation sites (N-methyl/N-ethyl adjacent to an activating group) is 1. The van der Waals surface area contributed by atoms with Gasteiger partial charge in [0.25, 0.3) is 5.69 Å². The molecule has 7 heteroatoms. The van der Waals surface area contributed by atoms with Crippen molar-refractivity contribution in [2.24, 2.45) is 0 Å². The lowest BCUT2D eigenvalue weighted by molar-refractivity contribution is -0.385. The van der Waals surface area contributed by atoms with Crippen LogP contribution in [0.15, 0.2) is 22.7 Å². The van der Waals surface area contributed by atoms with Crippen LogP contribution in [0.4, 0.5) is 5.69 Å². The van der Waals surface area contributed by atoms with Gasteiger partial charge in [0.05, 0.1) is 22.1 Å². The fourth-order valence-corrected chi connectivity index (χ4v) is 2.32. The SMILES string of the molecule is COCC(O)CN(C)Cc1cccc([N+](=O)[O-])c1Br. The van der Waals surface area contributed by atoms with Crippen molar-refractivity contribution in [3.8, 4) is 0 Å². The van der Waals surface area contributed by atoms with Crippen LogP contribution >= 0.6 is 15.9 Å². The van der Waals surface area contributed by atoms with E-state index in [0.29, 0.717) is 17.6 Å². The highest BCUT2D eigenvalue weighted by atomic mass is 79.9. The van der Waals surface area contributed by atoms with E-state index >= 15 is 0 Å². The van der Waals surface area contributed by atoms with Crippen molar-refractivity contribution in [3.63, 3.8) is 0 Å². The van der Waals surface area contributed by atoms with Gasteiger partial charge in [0.15, 0.2) is 0 Å². The van der Waals surface area contributed by atoms with Crippen molar-refractivity contribution >= 4 is 21.6 Å². The first-order chi connectivity index (χ1) is 8.95. The summed E-state index contributed by atoms with van der Waals surface area (Å²) < 4.78 is 5.33. The third-order valence-corrected chi connectivity index (χ3v) is 3.49. The minimum absolute atomic E-state index is 0.0448. The molecule has 0 saturated heterocycles. The number of aliphatic hydroxyl groups excluding tert-OH is 1. The summed E-state index contributed by atoms with van der Waals surface area (Å²) in [6.07, 6.45) is -0.576. The molecule has 1 unspecified atom stereocenters. The maximum absolute atomic E-state index is 10.8. The number of ether oxygens (including phenoxy) is 1. The second kappa shape index (κ2) is 7.54. The molecule has 0 fully saturated rings. The molecule has 0 saturated carbocycles. The maximum Gasteiger partial charge on any atom is 0.283 e. The molecule has 0 spiro atoms. The highest BCUT2D eigenvalue weighted by Gasteiger charge is 2.16. The lowest BCUT2D eigenvalue weighted by atomic mass is 10.2. The van der Waals surface area contributed by atoms with Gasteiger partial charge < -0.3 is 9.84 Å². The van der Waals surface area contributed by atoms with Gasteiger partial charge in [-0.25, -0.2) is 0 Å². The van der Waals surface area contributed by atoms with Gasteiger partial charge in [-0.3, -0.25) is 15.0 Å². The van der Waals surface area contributed by atoms with E-state index < -0.39 is 11.0 Å². The van der Waals surface area contributed by atoms with Crippen molar-refractivity contribution in [1.29, 1.82) is 0 Å². The van der Waals surface area contributed by atoms with Gasteiger partial charge in [-0.05, 0) is 28.5 Å². The summed E-state index contributed by atoms with van der Waals surface area (Å²) in [5.41, 5.74) is 0.852. The van der Waals surface area contributed by atoms with Gasteiger partial charge in [0, 0.05) is 26.3 Å². The van der Waals surface area contributed by atoms with Crippen molar-refractivity contribution < 1.29 is 14.8 Å². The molecule has 1 rings (SSSR count). The number of rotatable bonds is 7. The Bertz CT molecular complexity index is 442. The zero-order valence-electron chi connectivity index (χ0n) is 10.9. The molecule has 0 bridgehead atoms. The van der Waals surface area contributed by atoms with Crippen LogP contribution in [0.5, 0.6) is 0 Å². The van der Waals surface area contributed by atoms with Gasteiger partial charge in [0.2, 0.25) is 0 Å². The number of halogens is 1. The molecular formula is C12H17BrN2O4. The van der Waals surface area contributed by atoms with E-state index in [-0.39, 0.29) is 12.3 Å². The molecular weight excluding hydrogens is 316 g/mol. The van der Waals surface area contributed by atoms with Crippen molar-refractivity contribution in [1.82, 2.24) is 4.90 Å². The lowest BCUT2D eigenvalue weighted by Gasteiger charge is -2.20. The highest BCUT2D eigenvalue weighted by Crippen LogP contribution is 2.28. The Labute approximate surface area is 120 Å². The molecule has 0 aliphatic heterocycles. The second-order valence-corrected chi connectivity index (χ2v) is 5.11. The van der Waals surface area contributed by atoms with Crippen LogP contribution in [0.3, 0.4) is 0 Å². The van der Waals surface area contributed by atoms with Crippen LogP contribution in [-0.4, -0.2) is 48.3 Å². The summed E-state index contributed by atoms with van der Waals surface area (Å²) in [5, 5.41) is 20.5. The summed E-state index contributed by atoms with van der Waals surface area (Å²) in [7, 11) is 3.37. The maximum atomic E-state index is 10.8. The standard InChI is InChI=1S/C12H17BrN2O4/c1-14(7-10(16)8-19-2)6-9-4-3-5-11(12(9)13)15(17)18/h3-5,10,16H,6-8H2,1-2H3. The minimum Gasteiger partial charge on any atom is -0.389 e. The monoisotopic (exact) mass is 332 g/mol. The summed E-state index contributed by atoms with van der Waals surface area (Å²) in [6, 6.07) is 4.92. The molecule has 6 nitrogen and oxygen atoms in total. The number of aliphatic hydroxyl groups is 1. The Morgan fingerprint density at radius 3 is 2.84 bits per heavy atom. The summed E-state index contributed by atoms with van der Waals surface area (Å²) in [4.78, 5) is 12.3. The molecule has 0 amide bonds. The van der Waals surface area contributed by atoms with Crippen molar-refractivity contribution in [3.05, 3.63) is 38.3 Å². The molecule has 0 heterocycles. The van der Waals surface area contributed by atoms with E-state index in [4.69, 9.17) is 4.74 Å². The van der Waals surface area contributed by atoms with Crippen molar-refractivity contribution in [2.75, 3.05) is 27.3 Å². The first kappa shape index (κ1) is 16.0. The summed E-state index contributed by atoms with van der Waals surface area (Å²) in [5.74, 6) is 0. The third kappa shape index (κ3) is 4.87. The zero-order valence-corrected chi connectivity index (χ0v) is 12.5. The molecule has 106 valence electrons. The van der Waals surface area contributed by atoms with Crippen LogP contribution in [0.1, 0.15) is 5.56 Å². The van der Waals surface area contributed by atoms with Gasteiger partial charge in [0.1, 0.15) is 0 Å². The Morgan fingerprint density at radius 1 is 1.58 bits per heavy atom. The van der Waals surface area contributed by atoms with Gasteiger partial charge in [-0.2, -0.15) is 0 Å². The molecule has 0 aliphatic rings. The molecule has 1 N–H and O–H groups in total. The fraction of sp³-hybridized carbons (Fsp3) is 0.500. The quantitative estimate of drug-likeness (QED) is 0.608. The van der Waals surface area contributed by atoms with Gasteiger partial charge in [-0.1, -0.05) is 12.1 Å². The molecule has 0 radical (unpaired) electrons. The fourth-order valence-electron chi connectivity index (χ4n) is 1.79. The van der Waals surface area contributed by atoms with Crippen LogP contribution in [-0.2, 0) is 11.3 Å².